The van der Waals surface area contributed by atoms with Gasteiger partial charge in [0.2, 0.25) is 0 Å². The Balaban J connectivity index is 2.46. The molecule has 0 radical (unpaired) electrons. The van der Waals surface area contributed by atoms with Gasteiger partial charge in [0.15, 0.2) is 0 Å². The fourth-order valence-electron chi connectivity index (χ4n) is 2.07. The third kappa shape index (κ3) is 3.48. The van der Waals surface area contributed by atoms with Gasteiger partial charge in [-0.15, -0.1) is 0 Å². The molecule has 1 atom stereocenters. The molecule has 0 bridgehead atoms. The monoisotopic (exact) mass is 315 g/mol. The van der Waals surface area contributed by atoms with Crippen molar-refractivity contribution in [2.45, 2.75) is 13.0 Å². The largest absolute Gasteiger partial charge is 0.307 e. The molecule has 0 saturated heterocycles. The number of benzene rings is 2. The van der Waals surface area contributed by atoms with Crippen LogP contribution < -0.4 is 5.32 Å². The zero-order valence-corrected chi connectivity index (χ0v) is 12.3. The highest BCUT2D eigenvalue weighted by molar-refractivity contribution is 6.42. The third-order valence-corrected chi connectivity index (χ3v) is 3.64. The smallest absolute Gasteiger partial charge is 0.126 e. The number of hydrogen-bond donors (Lipinski definition) is 1. The molecular formula is C15H13Cl2F2N. The lowest BCUT2D eigenvalue weighted by Gasteiger charge is -2.19. The van der Waals surface area contributed by atoms with Gasteiger partial charge in [-0.25, -0.2) is 8.78 Å². The molecule has 0 aliphatic heterocycles. The Morgan fingerprint density at radius 2 is 1.60 bits per heavy atom. The maximum absolute atomic E-state index is 13.4. The molecule has 5 heteroatoms. The lowest BCUT2D eigenvalue weighted by Crippen LogP contribution is -2.22. The van der Waals surface area contributed by atoms with E-state index in [-0.39, 0.29) is 6.04 Å². The predicted molar refractivity (Wildman–Crippen MR) is 78.3 cm³/mol. The van der Waals surface area contributed by atoms with E-state index in [4.69, 9.17) is 23.2 Å². The van der Waals surface area contributed by atoms with Crippen LogP contribution >= 0.6 is 23.2 Å². The highest BCUT2D eigenvalue weighted by Gasteiger charge is 2.16. The average Bonchev–Trinajstić information content (AvgIpc) is 2.38. The molecule has 0 saturated carbocycles. The highest BCUT2D eigenvalue weighted by Crippen LogP contribution is 2.29. The summed E-state index contributed by atoms with van der Waals surface area (Å²) in [6, 6.07) is 8.25. The van der Waals surface area contributed by atoms with Crippen LogP contribution in [0.3, 0.4) is 0 Å². The first-order valence-corrected chi connectivity index (χ1v) is 6.91. The van der Waals surface area contributed by atoms with Crippen LogP contribution in [-0.4, -0.2) is 6.54 Å². The van der Waals surface area contributed by atoms with Crippen LogP contribution in [0.15, 0.2) is 36.4 Å². The Morgan fingerprint density at radius 1 is 0.950 bits per heavy atom. The molecule has 0 heterocycles. The third-order valence-electron chi connectivity index (χ3n) is 2.90. The quantitative estimate of drug-likeness (QED) is 0.840. The van der Waals surface area contributed by atoms with Crippen molar-refractivity contribution in [1.29, 1.82) is 0 Å². The van der Waals surface area contributed by atoms with E-state index in [1.165, 1.54) is 12.1 Å². The van der Waals surface area contributed by atoms with E-state index < -0.39 is 11.6 Å². The van der Waals surface area contributed by atoms with Gasteiger partial charge < -0.3 is 5.32 Å². The molecule has 0 spiro atoms. The summed E-state index contributed by atoms with van der Waals surface area (Å²) >= 11 is 11.9. The van der Waals surface area contributed by atoms with Crippen LogP contribution in [0, 0.1) is 11.6 Å². The Bertz CT molecular complexity index is 597. The van der Waals surface area contributed by atoms with E-state index in [9.17, 15) is 8.78 Å². The topological polar surface area (TPSA) is 12.0 Å². The molecule has 106 valence electrons. The van der Waals surface area contributed by atoms with Gasteiger partial charge in [0, 0.05) is 6.07 Å². The van der Waals surface area contributed by atoms with Gasteiger partial charge in [0.05, 0.1) is 16.1 Å². The van der Waals surface area contributed by atoms with Crippen LogP contribution in [-0.2, 0) is 0 Å². The van der Waals surface area contributed by atoms with Crippen LogP contribution in [0.5, 0.6) is 0 Å². The first-order valence-electron chi connectivity index (χ1n) is 6.15. The van der Waals surface area contributed by atoms with E-state index in [2.05, 4.69) is 5.32 Å². The van der Waals surface area contributed by atoms with E-state index in [1.54, 1.807) is 18.2 Å². The van der Waals surface area contributed by atoms with Gasteiger partial charge in [-0.3, -0.25) is 0 Å². The summed E-state index contributed by atoms with van der Waals surface area (Å²) in [4.78, 5) is 0. The molecule has 0 aliphatic carbocycles. The Morgan fingerprint density at radius 3 is 2.15 bits per heavy atom. The minimum atomic E-state index is -0.608. The second-order valence-corrected chi connectivity index (χ2v) is 5.18. The Hall–Kier alpha value is -1.16. The van der Waals surface area contributed by atoms with Crippen molar-refractivity contribution < 1.29 is 8.78 Å². The van der Waals surface area contributed by atoms with E-state index >= 15 is 0 Å². The van der Waals surface area contributed by atoms with Crippen LogP contribution in [0.2, 0.25) is 10.0 Å². The van der Waals surface area contributed by atoms with Crippen molar-refractivity contribution in [3.05, 3.63) is 69.2 Å². The van der Waals surface area contributed by atoms with Gasteiger partial charge in [-0.1, -0.05) is 36.2 Å². The molecule has 1 nitrogen and oxygen atoms in total. The molecule has 2 rings (SSSR count). The SMILES string of the molecule is CCNC(c1cc(F)cc(F)c1)c1ccc(Cl)c(Cl)c1. The van der Waals surface area contributed by atoms with Crippen molar-refractivity contribution in [3.8, 4) is 0 Å². The standard InChI is InChI=1S/C15H13Cl2F2N/c1-2-20-15(9-3-4-13(16)14(17)7-9)10-5-11(18)8-12(19)6-10/h3-8,15,20H,2H2,1H3. The maximum atomic E-state index is 13.4. The molecule has 1 unspecified atom stereocenters. The predicted octanol–water partition coefficient (Wildman–Crippen LogP) is 4.97. The molecule has 20 heavy (non-hydrogen) atoms. The lowest BCUT2D eigenvalue weighted by atomic mass is 9.98. The number of hydrogen-bond acceptors (Lipinski definition) is 1. The zero-order chi connectivity index (χ0) is 14.7. The first-order chi connectivity index (χ1) is 9.51. The Kier molecular flexibility index (Phi) is 4.97. The summed E-state index contributed by atoms with van der Waals surface area (Å²) < 4.78 is 26.7. The van der Waals surface area contributed by atoms with Gasteiger partial charge in [0.25, 0.3) is 0 Å². The van der Waals surface area contributed by atoms with Crippen molar-refractivity contribution >= 4 is 23.2 Å². The normalized spacial score (nSPS) is 12.4. The molecule has 0 amide bonds. The zero-order valence-electron chi connectivity index (χ0n) is 10.8. The summed E-state index contributed by atoms with van der Waals surface area (Å²) in [5, 5.41) is 4.03. The van der Waals surface area contributed by atoms with E-state index in [0.29, 0.717) is 22.2 Å². The van der Waals surface area contributed by atoms with Gasteiger partial charge in [-0.05, 0) is 41.9 Å². The van der Waals surface area contributed by atoms with Crippen LogP contribution in [0.25, 0.3) is 0 Å². The average molecular weight is 316 g/mol. The van der Waals surface area contributed by atoms with Crippen LogP contribution in [0.1, 0.15) is 24.1 Å². The molecule has 0 fully saturated rings. The van der Waals surface area contributed by atoms with Gasteiger partial charge in [0.1, 0.15) is 11.6 Å². The lowest BCUT2D eigenvalue weighted by molar-refractivity contribution is 0.565. The van der Waals surface area contributed by atoms with Crippen molar-refractivity contribution in [2.75, 3.05) is 6.54 Å². The Labute approximate surface area is 126 Å². The number of nitrogens with one attached hydrogen (secondary N) is 1. The van der Waals surface area contributed by atoms with Gasteiger partial charge in [-0.2, -0.15) is 0 Å². The van der Waals surface area contributed by atoms with Crippen molar-refractivity contribution in [3.63, 3.8) is 0 Å². The molecule has 2 aromatic carbocycles. The van der Waals surface area contributed by atoms with Gasteiger partial charge >= 0.3 is 0 Å². The summed E-state index contributed by atoms with van der Waals surface area (Å²) in [7, 11) is 0. The molecule has 2 aromatic rings. The summed E-state index contributed by atoms with van der Waals surface area (Å²) in [6.07, 6.45) is 0. The number of halogens is 4. The first kappa shape index (κ1) is 15.2. The number of rotatable bonds is 4. The van der Waals surface area contributed by atoms with Crippen LogP contribution in [0.4, 0.5) is 8.78 Å². The highest BCUT2D eigenvalue weighted by atomic mass is 35.5. The molecule has 1 N–H and O–H groups in total. The molecule has 0 aromatic heterocycles. The van der Waals surface area contributed by atoms with Crippen molar-refractivity contribution in [2.24, 2.45) is 0 Å². The van der Waals surface area contributed by atoms with E-state index in [1.807, 2.05) is 6.92 Å². The minimum Gasteiger partial charge on any atom is -0.307 e. The summed E-state index contributed by atoms with van der Waals surface area (Å²) in [5.74, 6) is -1.22. The molecule has 0 aliphatic rings. The second-order valence-electron chi connectivity index (χ2n) is 4.37. The minimum absolute atomic E-state index is 0.347. The summed E-state index contributed by atoms with van der Waals surface area (Å²) in [5.41, 5.74) is 1.30. The van der Waals surface area contributed by atoms with Crippen molar-refractivity contribution in [1.82, 2.24) is 5.32 Å². The second kappa shape index (κ2) is 6.53. The maximum Gasteiger partial charge on any atom is 0.126 e. The molecular weight excluding hydrogens is 303 g/mol. The fraction of sp³-hybridized carbons (Fsp3) is 0.200. The van der Waals surface area contributed by atoms with E-state index in [0.717, 1.165) is 11.6 Å². The fourth-order valence-corrected chi connectivity index (χ4v) is 2.37. The summed E-state index contributed by atoms with van der Waals surface area (Å²) in [6.45, 7) is 2.56.